The molecule has 0 radical (unpaired) electrons. The normalized spacial score (nSPS) is 11.6. The van der Waals surface area contributed by atoms with Crippen LogP contribution in [0.1, 0.15) is 19.4 Å². The van der Waals surface area contributed by atoms with Gasteiger partial charge in [0.05, 0.1) is 11.6 Å². The van der Waals surface area contributed by atoms with Crippen molar-refractivity contribution in [3.05, 3.63) is 29.8 Å². The third-order valence-corrected chi connectivity index (χ3v) is 2.15. The number of rotatable bonds is 2. The van der Waals surface area contributed by atoms with Gasteiger partial charge in [-0.2, -0.15) is 18.4 Å². The molecule has 0 aliphatic heterocycles. The van der Waals surface area contributed by atoms with E-state index in [1.165, 1.54) is 26.0 Å². The molecular formula is C12H12F3N3O. The van der Waals surface area contributed by atoms with Gasteiger partial charge in [-0.25, -0.2) is 4.79 Å². The lowest BCUT2D eigenvalue weighted by Crippen LogP contribution is -2.44. The first-order valence-electron chi connectivity index (χ1n) is 5.32. The quantitative estimate of drug-likeness (QED) is 0.867. The Labute approximate surface area is 108 Å². The maximum atomic E-state index is 12.5. The zero-order chi connectivity index (χ0) is 14.7. The molecule has 0 spiro atoms. The zero-order valence-corrected chi connectivity index (χ0v) is 10.3. The number of nitriles is 1. The second-order valence-corrected chi connectivity index (χ2v) is 4.39. The van der Waals surface area contributed by atoms with Crippen molar-refractivity contribution in [1.82, 2.24) is 5.32 Å². The summed E-state index contributed by atoms with van der Waals surface area (Å²) in [5.74, 6) is 0. The molecule has 102 valence electrons. The molecule has 0 unspecified atom stereocenters. The Balaban J connectivity index is 2.79. The summed E-state index contributed by atoms with van der Waals surface area (Å²) in [6.07, 6.45) is -4.47. The SMILES string of the molecule is CC(C)(C#N)NC(=O)Nc1cccc(C(F)(F)F)c1. The third-order valence-electron chi connectivity index (χ3n) is 2.15. The van der Waals surface area contributed by atoms with E-state index in [9.17, 15) is 18.0 Å². The molecule has 0 bridgehead atoms. The van der Waals surface area contributed by atoms with Gasteiger partial charge < -0.3 is 10.6 Å². The molecule has 0 saturated heterocycles. The Hall–Kier alpha value is -2.23. The van der Waals surface area contributed by atoms with Gasteiger partial charge in [-0.3, -0.25) is 0 Å². The minimum absolute atomic E-state index is 0.000986. The average Bonchev–Trinajstić information content (AvgIpc) is 2.27. The van der Waals surface area contributed by atoms with E-state index in [0.29, 0.717) is 0 Å². The van der Waals surface area contributed by atoms with Crippen LogP contribution in [0.3, 0.4) is 0 Å². The average molecular weight is 271 g/mol. The van der Waals surface area contributed by atoms with Crippen molar-refractivity contribution in [3.63, 3.8) is 0 Å². The molecule has 0 aliphatic carbocycles. The van der Waals surface area contributed by atoms with Crippen LogP contribution in [0.25, 0.3) is 0 Å². The molecule has 1 aromatic carbocycles. The van der Waals surface area contributed by atoms with Gasteiger partial charge in [0.1, 0.15) is 5.54 Å². The van der Waals surface area contributed by atoms with Crippen LogP contribution in [0.15, 0.2) is 24.3 Å². The smallest absolute Gasteiger partial charge is 0.320 e. The predicted molar refractivity (Wildman–Crippen MR) is 63.3 cm³/mol. The third kappa shape index (κ3) is 4.50. The Morgan fingerprint density at radius 3 is 2.47 bits per heavy atom. The van der Waals surface area contributed by atoms with Crippen molar-refractivity contribution < 1.29 is 18.0 Å². The largest absolute Gasteiger partial charge is 0.416 e. The Kier molecular flexibility index (Phi) is 4.04. The van der Waals surface area contributed by atoms with Gasteiger partial charge >= 0.3 is 12.2 Å². The highest BCUT2D eigenvalue weighted by Gasteiger charge is 2.30. The van der Waals surface area contributed by atoms with Crippen LogP contribution in [-0.4, -0.2) is 11.6 Å². The highest BCUT2D eigenvalue weighted by atomic mass is 19.4. The van der Waals surface area contributed by atoms with Gasteiger partial charge in [-0.1, -0.05) is 6.07 Å². The minimum Gasteiger partial charge on any atom is -0.320 e. The lowest BCUT2D eigenvalue weighted by atomic mass is 10.1. The second kappa shape index (κ2) is 5.18. The molecule has 2 N–H and O–H groups in total. The van der Waals surface area contributed by atoms with Gasteiger partial charge in [-0.15, -0.1) is 0 Å². The van der Waals surface area contributed by atoms with Crippen LogP contribution in [-0.2, 0) is 6.18 Å². The van der Waals surface area contributed by atoms with E-state index in [1.807, 2.05) is 6.07 Å². The van der Waals surface area contributed by atoms with Crippen molar-refractivity contribution in [2.75, 3.05) is 5.32 Å². The first-order valence-corrected chi connectivity index (χ1v) is 5.32. The van der Waals surface area contributed by atoms with E-state index < -0.39 is 23.3 Å². The topological polar surface area (TPSA) is 64.9 Å². The number of hydrogen-bond donors (Lipinski definition) is 2. The van der Waals surface area contributed by atoms with E-state index in [2.05, 4.69) is 10.6 Å². The molecule has 0 heterocycles. The molecular weight excluding hydrogens is 259 g/mol. The number of anilines is 1. The lowest BCUT2D eigenvalue weighted by molar-refractivity contribution is -0.137. The van der Waals surface area contributed by atoms with E-state index in [4.69, 9.17) is 5.26 Å². The number of nitrogens with one attached hydrogen (secondary N) is 2. The van der Waals surface area contributed by atoms with E-state index in [1.54, 1.807) is 0 Å². The van der Waals surface area contributed by atoms with Crippen LogP contribution >= 0.6 is 0 Å². The van der Waals surface area contributed by atoms with E-state index in [0.717, 1.165) is 12.1 Å². The van der Waals surface area contributed by atoms with Gasteiger partial charge in [0.15, 0.2) is 0 Å². The van der Waals surface area contributed by atoms with Crippen LogP contribution in [0, 0.1) is 11.3 Å². The van der Waals surface area contributed by atoms with Crippen LogP contribution in [0.2, 0.25) is 0 Å². The summed E-state index contributed by atoms with van der Waals surface area (Å²) in [6, 6.07) is 5.34. The van der Waals surface area contributed by atoms with Crippen molar-refractivity contribution in [2.24, 2.45) is 0 Å². The molecule has 19 heavy (non-hydrogen) atoms. The van der Waals surface area contributed by atoms with Crippen molar-refractivity contribution >= 4 is 11.7 Å². The molecule has 4 nitrogen and oxygen atoms in total. The molecule has 7 heteroatoms. The van der Waals surface area contributed by atoms with Crippen molar-refractivity contribution in [1.29, 1.82) is 5.26 Å². The Morgan fingerprint density at radius 1 is 1.32 bits per heavy atom. The predicted octanol–water partition coefficient (Wildman–Crippen LogP) is 3.13. The zero-order valence-electron chi connectivity index (χ0n) is 10.3. The Bertz CT molecular complexity index is 518. The highest BCUT2D eigenvalue weighted by Crippen LogP contribution is 2.30. The summed E-state index contributed by atoms with van der Waals surface area (Å²) in [5.41, 5.74) is -1.96. The number of nitrogens with zero attached hydrogens (tertiary/aromatic N) is 1. The van der Waals surface area contributed by atoms with Crippen LogP contribution in [0.5, 0.6) is 0 Å². The van der Waals surface area contributed by atoms with Crippen LogP contribution < -0.4 is 10.6 Å². The number of carbonyl (C=O) groups excluding carboxylic acids is 1. The number of amides is 2. The van der Waals surface area contributed by atoms with E-state index in [-0.39, 0.29) is 5.69 Å². The molecule has 0 atom stereocenters. The summed E-state index contributed by atoms with van der Waals surface area (Å²) in [6.45, 7) is 2.94. The number of benzene rings is 1. The summed E-state index contributed by atoms with van der Waals surface area (Å²) in [5, 5.41) is 13.3. The summed E-state index contributed by atoms with van der Waals surface area (Å²) < 4.78 is 37.4. The minimum atomic E-state index is -4.47. The van der Waals surface area contributed by atoms with Gasteiger partial charge in [-0.05, 0) is 32.0 Å². The summed E-state index contributed by atoms with van der Waals surface area (Å²) >= 11 is 0. The van der Waals surface area contributed by atoms with Crippen molar-refractivity contribution in [3.8, 4) is 6.07 Å². The molecule has 1 aromatic rings. The number of halogens is 3. The Morgan fingerprint density at radius 2 is 1.95 bits per heavy atom. The maximum absolute atomic E-state index is 12.5. The second-order valence-electron chi connectivity index (χ2n) is 4.39. The van der Waals surface area contributed by atoms with Gasteiger partial charge in [0, 0.05) is 5.69 Å². The maximum Gasteiger partial charge on any atom is 0.416 e. The highest BCUT2D eigenvalue weighted by molar-refractivity contribution is 5.90. The van der Waals surface area contributed by atoms with Crippen LogP contribution in [0.4, 0.5) is 23.7 Å². The fourth-order valence-corrected chi connectivity index (χ4v) is 1.25. The fourth-order valence-electron chi connectivity index (χ4n) is 1.25. The lowest BCUT2D eigenvalue weighted by Gasteiger charge is -2.18. The molecule has 0 aromatic heterocycles. The summed E-state index contributed by atoms with van der Waals surface area (Å²) in [4.78, 5) is 11.5. The number of carbonyl (C=O) groups is 1. The standard InChI is InChI=1S/C12H12F3N3O/c1-11(2,7-16)18-10(19)17-9-5-3-4-8(6-9)12(13,14)15/h3-6H,1-2H3,(H2,17,18,19). The summed E-state index contributed by atoms with van der Waals surface area (Å²) in [7, 11) is 0. The van der Waals surface area contributed by atoms with E-state index >= 15 is 0 Å². The number of alkyl halides is 3. The molecule has 0 aliphatic rings. The first kappa shape index (κ1) is 14.8. The first-order chi connectivity index (χ1) is 8.64. The number of urea groups is 1. The fraction of sp³-hybridized carbons (Fsp3) is 0.333. The monoisotopic (exact) mass is 271 g/mol. The molecule has 0 fully saturated rings. The molecule has 1 rings (SSSR count). The molecule has 2 amide bonds. The van der Waals surface area contributed by atoms with Gasteiger partial charge in [0.25, 0.3) is 0 Å². The number of hydrogen-bond acceptors (Lipinski definition) is 2. The van der Waals surface area contributed by atoms with Gasteiger partial charge in [0.2, 0.25) is 0 Å². The van der Waals surface area contributed by atoms with Crippen molar-refractivity contribution in [2.45, 2.75) is 25.6 Å². The molecule has 0 saturated carbocycles.